The van der Waals surface area contributed by atoms with E-state index in [4.69, 9.17) is 0 Å². The van der Waals surface area contributed by atoms with E-state index in [1.165, 1.54) is 25.9 Å². The molecule has 0 radical (unpaired) electrons. The van der Waals surface area contributed by atoms with Crippen LogP contribution in [0.5, 0.6) is 0 Å². The minimum atomic E-state index is -0.556. The normalized spacial score (nSPS) is 22.2. The molecule has 1 unspecified atom stereocenters. The molecule has 7 heteroatoms. The number of fused-ring (bicyclic) bond motifs is 1. The van der Waals surface area contributed by atoms with E-state index in [0.717, 1.165) is 36.6 Å². The molecule has 3 amide bonds. The number of unbranched alkanes of at least 4 members (excludes halogenated alkanes) is 1. The molecule has 0 bridgehead atoms. The molecule has 0 aromatic heterocycles. The van der Waals surface area contributed by atoms with Gasteiger partial charge in [-0.15, -0.1) is 0 Å². The number of nitrogens with one attached hydrogen (secondary N) is 3. The predicted octanol–water partition coefficient (Wildman–Crippen LogP) is 0.927. The summed E-state index contributed by atoms with van der Waals surface area (Å²) in [7, 11) is 0. The lowest BCUT2D eigenvalue weighted by molar-refractivity contribution is -0.136. The molecule has 150 valence electrons. The van der Waals surface area contributed by atoms with Crippen LogP contribution in [0.1, 0.15) is 53.6 Å². The number of hydrogen-bond acceptors (Lipinski definition) is 5. The number of imide groups is 1. The lowest BCUT2D eigenvalue weighted by Gasteiger charge is -2.29. The van der Waals surface area contributed by atoms with Crippen LogP contribution in [-0.2, 0) is 22.7 Å². The van der Waals surface area contributed by atoms with E-state index >= 15 is 0 Å². The van der Waals surface area contributed by atoms with Crippen molar-refractivity contribution in [2.45, 2.75) is 51.2 Å². The first-order valence-corrected chi connectivity index (χ1v) is 10.3. The minimum absolute atomic E-state index is 0.111. The molecule has 4 rings (SSSR count). The number of rotatable bonds is 8. The zero-order valence-electron chi connectivity index (χ0n) is 16.1. The van der Waals surface area contributed by atoms with Crippen molar-refractivity contribution in [1.82, 2.24) is 20.9 Å². The first-order chi connectivity index (χ1) is 13.6. The predicted molar refractivity (Wildman–Crippen MR) is 104 cm³/mol. The van der Waals surface area contributed by atoms with Crippen LogP contribution in [0, 0.1) is 5.92 Å². The molecule has 0 aliphatic carbocycles. The van der Waals surface area contributed by atoms with Crippen molar-refractivity contribution in [2.75, 3.05) is 19.6 Å². The Hall–Kier alpha value is -2.25. The highest BCUT2D eigenvalue weighted by Crippen LogP contribution is 2.29. The average molecular weight is 384 g/mol. The van der Waals surface area contributed by atoms with Gasteiger partial charge in [0.25, 0.3) is 5.91 Å². The number of piperidine rings is 1. The Morgan fingerprint density at radius 3 is 2.75 bits per heavy atom. The van der Waals surface area contributed by atoms with E-state index in [0.29, 0.717) is 18.5 Å². The molecule has 3 N–H and O–H groups in total. The van der Waals surface area contributed by atoms with Crippen LogP contribution in [-0.4, -0.2) is 48.3 Å². The van der Waals surface area contributed by atoms with Gasteiger partial charge in [-0.3, -0.25) is 19.7 Å². The second-order valence-electron chi connectivity index (χ2n) is 8.04. The van der Waals surface area contributed by atoms with Crippen LogP contribution in [0.2, 0.25) is 0 Å². The molecular formula is C21H28N4O3. The molecule has 0 spiro atoms. The third-order valence-electron chi connectivity index (χ3n) is 6.08. The monoisotopic (exact) mass is 384 g/mol. The van der Waals surface area contributed by atoms with Gasteiger partial charge in [-0.25, -0.2) is 0 Å². The average Bonchev–Trinajstić information content (AvgIpc) is 2.97. The van der Waals surface area contributed by atoms with Crippen LogP contribution in [0.25, 0.3) is 0 Å². The van der Waals surface area contributed by atoms with E-state index in [9.17, 15) is 14.4 Å². The van der Waals surface area contributed by atoms with Crippen LogP contribution in [0.15, 0.2) is 18.2 Å². The molecule has 1 aromatic rings. The molecule has 3 heterocycles. The third-order valence-corrected chi connectivity index (χ3v) is 6.08. The van der Waals surface area contributed by atoms with Crippen molar-refractivity contribution in [3.63, 3.8) is 0 Å². The van der Waals surface area contributed by atoms with Gasteiger partial charge in [0, 0.05) is 25.1 Å². The number of nitrogens with zero attached hydrogens (tertiary/aromatic N) is 1. The molecule has 2 fully saturated rings. The van der Waals surface area contributed by atoms with Crippen molar-refractivity contribution < 1.29 is 14.4 Å². The first kappa shape index (κ1) is 19.1. The van der Waals surface area contributed by atoms with Gasteiger partial charge in [-0.2, -0.15) is 0 Å². The Kier molecular flexibility index (Phi) is 5.73. The summed E-state index contributed by atoms with van der Waals surface area (Å²) >= 11 is 0. The van der Waals surface area contributed by atoms with Crippen LogP contribution >= 0.6 is 0 Å². The van der Waals surface area contributed by atoms with Gasteiger partial charge in [0.1, 0.15) is 6.04 Å². The SMILES string of the molecule is O=C1CCC(N2Cc3c(CNCCCCC4CNC4)cccc3C2=O)C(=O)N1. The highest BCUT2D eigenvalue weighted by atomic mass is 16.2. The fourth-order valence-corrected chi connectivity index (χ4v) is 4.27. The Morgan fingerprint density at radius 2 is 2.00 bits per heavy atom. The highest BCUT2D eigenvalue weighted by Gasteiger charge is 2.39. The molecule has 1 atom stereocenters. The minimum Gasteiger partial charge on any atom is -0.322 e. The zero-order valence-corrected chi connectivity index (χ0v) is 16.1. The quantitative estimate of drug-likeness (QED) is 0.458. The number of carbonyl (C=O) groups is 3. The van der Waals surface area contributed by atoms with Gasteiger partial charge >= 0.3 is 0 Å². The Morgan fingerprint density at radius 1 is 1.14 bits per heavy atom. The van der Waals surface area contributed by atoms with E-state index in [1.807, 2.05) is 18.2 Å². The lowest BCUT2D eigenvalue weighted by Crippen LogP contribution is -2.52. The Balaban J connectivity index is 1.32. The van der Waals surface area contributed by atoms with Crippen LogP contribution in [0.3, 0.4) is 0 Å². The van der Waals surface area contributed by atoms with E-state index in [2.05, 4.69) is 16.0 Å². The Bertz CT molecular complexity index is 775. The third kappa shape index (κ3) is 3.95. The smallest absolute Gasteiger partial charge is 0.255 e. The lowest BCUT2D eigenvalue weighted by atomic mass is 9.96. The number of carbonyl (C=O) groups excluding carboxylic acids is 3. The topological polar surface area (TPSA) is 90.5 Å². The van der Waals surface area contributed by atoms with Crippen LogP contribution in [0.4, 0.5) is 0 Å². The van der Waals surface area contributed by atoms with Gasteiger partial charge < -0.3 is 15.5 Å². The number of amides is 3. The van der Waals surface area contributed by atoms with Gasteiger partial charge in [0.15, 0.2) is 0 Å². The molecule has 1 aromatic carbocycles. The van der Waals surface area contributed by atoms with Gasteiger partial charge in [-0.05, 0) is 62.0 Å². The highest BCUT2D eigenvalue weighted by molar-refractivity contribution is 6.05. The maximum atomic E-state index is 12.8. The summed E-state index contributed by atoms with van der Waals surface area (Å²) in [5.74, 6) is 0.129. The second-order valence-corrected chi connectivity index (χ2v) is 8.04. The fourth-order valence-electron chi connectivity index (χ4n) is 4.27. The largest absolute Gasteiger partial charge is 0.322 e. The van der Waals surface area contributed by atoms with Crippen molar-refractivity contribution in [1.29, 1.82) is 0 Å². The summed E-state index contributed by atoms with van der Waals surface area (Å²) in [6, 6.07) is 5.23. The summed E-state index contributed by atoms with van der Waals surface area (Å²) in [6.07, 6.45) is 4.38. The molecule has 3 aliphatic heterocycles. The van der Waals surface area contributed by atoms with Gasteiger partial charge in [0.2, 0.25) is 11.8 Å². The van der Waals surface area contributed by atoms with Crippen molar-refractivity contribution in [3.8, 4) is 0 Å². The molecule has 0 saturated carbocycles. The van der Waals surface area contributed by atoms with E-state index in [1.54, 1.807) is 4.90 Å². The standard InChI is InChI=1S/C21H28N4O3/c26-19-8-7-18(20(27)24-19)25-13-17-15(5-3-6-16(17)21(25)28)12-22-9-2-1-4-14-10-23-11-14/h3,5-6,14,18,22-23H,1-2,4,7-13H2,(H,24,26,27). The fraction of sp³-hybridized carbons (Fsp3) is 0.571. The van der Waals surface area contributed by atoms with Crippen LogP contribution < -0.4 is 16.0 Å². The number of hydrogen-bond donors (Lipinski definition) is 3. The van der Waals surface area contributed by atoms with Crippen molar-refractivity contribution in [2.24, 2.45) is 5.92 Å². The molecule has 2 saturated heterocycles. The Labute approximate surface area is 165 Å². The molecule has 7 nitrogen and oxygen atoms in total. The van der Waals surface area contributed by atoms with Crippen molar-refractivity contribution in [3.05, 3.63) is 34.9 Å². The van der Waals surface area contributed by atoms with Gasteiger partial charge in [-0.1, -0.05) is 18.6 Å². The zero-order chi connectivity index (χ0) is 19.5. The maximum Gasteiger partial charge on any atom is 0.255 e. The second kappa shape index (κ2) is 8.41. The number of benzene rings is 1. The molecule has 3 aliphatic rings. The maximum absolute atomic E-state index is 12.8. The van der Waals surface area contributed by atoms with E-state index in [-0.39, 0.29) is 24.1 Å². The van der Waals surface area contributed by atoms with E-state index < -0.39 is 6.04 Å². The summed E-state index contributed by atoms with van der Waals surface area (Å²) in [5.41, 5.74) is 2.80. The molecular weight excluding hydrogens is 356 g/mol. The van der Waals surface area contributed by atoms with Gasteiger partial charge in [0.05, 0.1) is 0 Å². The summed E-state index contributed by atoms with van der Waals surface area (Å²) in [4.78, 5) is 38.0. The first-order valence-electron chi connectivity index (χ1n) is 10.3. The summed E-state index contributed by atoms with van der Waals surface area (Å²) in [5, 5.41) is 9.15. The summed E-state index contributed by atoms with van der Waals surface area (Å²) < 4.78 is 0. The summed E-state index contributed by atoms with van der Waals surface area (Å²) in [6.45, 7) is 4.47. The molecule has 28 heavy (non-hydrogen) atoms. The van der Waals surface area contributed by atoms with Crippen molar-refractivity contribution >= 4 is 17.7 Å².